The fourth-order valence-electron chi connectivity index (χ4n) is 2.58. The fraction of sp³-hybridized carbons (Fsp3) is 0.333. The van der Waals surface area contributed by atoms with Crippen molar-refractivity contribution in [3.05, 3.63) is 40.8 Å². The quantitative estimate of drug-likeness (QED) is 0.811. The summed E-state index contributed by atoms with van der Waals surface area (Å²) in [5.41, 5.74) is 3.19. The molecular weight excluding hydrogens is 276 g/mol. The number of pyridine rings is 1. The van der Waals surface area contributed by atoms with Gasteiger partial charge in [0, 0.05) is 29.7 Å². The van der Waals surface area contributed by atoms with Gasteiger partial charge in [-0.1, -0.05) is 11.6 Å². The van der Waals surface area contributed by atoms with Crippen LogP contribution in [0.2, 0.25) is 5.02 Å². The van der Waals surface area contributed by atoms with Crippen molar-refractivity contribution >= 4 is 17.6 Å². The number of nitrogens with zero attached hydrogens (tertiary/aromatic N) is 2. The molecular formula is C15H15ClN2O2. The predicted octanol–water partition coefficient (Wildman–Crippen LogP) is 3.63. The molecule has 0 spiro atoms. The Morgan fingerprint density at radius 3 is 2.60 bits per heavy atom. The number of carbonyl (C=O) groups is 1. The van der Waals surface area contributed by atoms with E-state index < -0.39 is 0 Å². The largest absolute Gasteiger partial charge is 0.465 e. The molecule has 20 heavy (non-hydrogen) atoms. The van der Waals surface area contributed by atoms with Gasteiger partial charge in [0.25, 0.3) is 0 Å². The number of methoxy groups -OCH3 is 1. The molecule has 1 aliphatic carbocycles. The van der Waals surface area contributed by atoms with Crippen LogP contribution in [0.15, 0.2) is 24.5 Å². The Labute approximate surface area is 122 Å². The highest BCUT2D eigenvalue weighted by Gasteiger charge is 2.33. The summed E-state index contributed by atoms with van der Waals surface area (Å²) in [5.74, 6) is -0.387. The van der Waals surface area contributed by atoms with Crippen LogP contribution >= 0.6 is 11.6 Å². The SMILES string of the molecule is COC(=O)c1c(Cl)c(-c2ccncc2)n(C2CC2)c1C. The molecule has 0 unspecified atom stereocenters. The van der Waals surface area contributed by atoms with E-state index in [0.717, 1.165) is 29.8 Å². The van der Waals surface area contributed by atoms with E-state index in [2.05, 4.69) is 9.55 Å². The molecule has 4 nitrogen and oxygen atoms in total. The second kappa shape index (κ2) is 4.94. The topological polar surface area (TPSA) is 44.1 Å². The summed E-state index contributed by atoms with van der Waals surface area (Å²) in [6.45, 7) is 1.92. The summed E-state index contributed by atoms with van der Waals surface area (Å²) in [5, 5.41) is 0.465. The molecule has 104 valence electrons. The number of halogens is 1. The molecule has 0 saturated heterocycles. The third kappa shape index (κ3) is 2.00. The van der Waals surface area contributed by atoms with Crippen LogP contribution in [0.25, 0.3) is 11.3 Å². The van der Waals surface area contributed by atoms with E-state index in [4.69, 9.17) is 16.3 Å². The zero-order valence-electron chi connectivity index (χ0n) is 11.4. The first kappa shape index (κ1) is 13.2. The fourth-order valence-corrected chi connectivity index (χ4v) is 2.99. The molecule has 5 heteroatoms. The lowest BCUT2D eigenvalue weighted by Gasteiger charge is -2.10. The van der Waals surface area contributed by atoms with Crippen LogP contribution in [0.4, 0.5) is 0 Å². The molecule has 3 rings (SSSR count). The molecule has 2 heterocycles. The van der Waals surface area contributed by atoms with Gasteiger partial charge in [-0.15, -0.1) is 0 Å². The molecule has 0 aromatic carbocycles. The van der Waals surface area contributed by atoms with Crippen LogP contribution in [0, 0.1) is 6.92 Å². The van der Waals surface area contributed by atoms with Gasteiger partial charge in [0.2, 0.25) is 0 Å². The molecule has 1 fully saturated rings. The number of esters is 1. The van der Waals surface area contributed by atoms with Crippen LogP contribution in [0.3, 0.4) is 0 Å². The van der Waals surface area contributed by atoms with Crippen molar-refractivity contribution in [3.8, 4) is 11.3 Å². The molecule has 1 aliphatic rings. The Hall–Kier alpha value is -1.81. The van der Waals surface area contributed by atoms with Gasteiger partial charge in [0.05, 0.1) is 23.4 Å². The number of hydrogen-bond donors (Lipinski definition) is 0. The average molecular weight is 291 g/mol. The Balaban J connectivity index is 2.25. The summed E-state index contributed by atoms with van der Waals surface area (Å²) in [4.78, 5) is 16.0. The normalized spacial score (nSPS) is 14.3. The summed E-state index contributed by atoms with van der Waals surface area (Å²) < 4.78 is 7.01. The minimum Gasteiger partial charge on any atom is -0.465 e. The second-order valence-corrected chi connectivity index (χ2v) is 5.33. The van der Waals surface area contributed by atoms with Gasteiger partial charge >= 0.3 is 5.97 Å². The Morgan fingerprint density at radius 2 is 2.05 bits per heavy atom. The van der Waals surface area contributed by atoms with Crippen LogP contribution in [-0.4, -0.2) is 22.6 Å². The molecule has 0 bridgehead atoms. The maximum absolute atomic E-state index is 12.0. The van der Waals surface area contributed by atoms with Crippen LogP contribution in [0.1, 0.15) is 34.9 Å². The van der Waals surface area contributed by atoms with Gasteiger partial charge in [0.1, 0.15) is 0 Å². The smallest absolute Gasteiger partial charge is 0.341 e. The Kier molecular flexibility index (Phi) is 3.26. The minimum absolute atomic E-state index is 0.387. The predicted molar refractivity (Wildman–Crippen MR) is 77.0 cm³/mol. The van der Waals surface area contributed by atoms with E-state index in [1.54, 1.807) is 12.4 Å². The third-order valence-corrected chi connectivity index (χ3v) is 4.01. The van der Waals surface area contributed by atoms with Crippen molar-refractivity contribution in [1.82, 2.24) is 9.55 Å². The highest BCUT2D eigenvalue weighted by Crippen LogP contribution is 2.45. The van der Waals surface area contributed by atoms with Crippen molar-refractivity contribution in [2.75, 3.05) is 7.11 Å². The van der Waals surface area contributed by atoms with E-state index in [1.807, 2.05) is 19.1 Å². The summed E-state index contributed by atoms with van der Waals surface area (Å²) in [7, 11) is 1.37. The number of carbonyl (C=O) groups excluding carboxylic acids is 1. The maximum Gasteiger partial charge on any atom is 0.341 e. The van der Waals surface area contributed by atoms with Crippen LogP contribution < -0.4 is 0 Å². The molecule has 0 N–H and O–H groups in total. The number of rotatable bonds is 3. The van der Waals surface area contributed by atoms with Gasteiger partial charge in [-0.25, -0.2) is 4.79 Å². The van der Waals surface area contributed by atoms with Crippen LogP contribution in [-0.2, 0) is 4.74 Å². The van der Waals surface area contributed by atoms with Crippen molar-refractivity contribution < 1.29 is 9.53 Å². The maximum atomic E-state index is 12.0. The molecule has 0 amide bonds. The average Bonchev–Trinajstić information content (AvgIpc) is 3.25. The lowest BCUT2D eigenvalue weighted by molar-refractivity contribution is 0.0600. The van der Waals surface area contributed by atoms with Gasteiger partial charge in [-0.05, 0) is 31.9 Å². The first-order chi connectivity index (χ1) is 9.65. The Bertz CT molecular complexity index is 660. The monoisotopic (exact) mass is 290 g/mol. The zero-order chi connectivity index (χ0) is 14.3. The first-order valence-electron chi connectivity index (χ1n) is 6.54. The van der Waals surface area contributed by atoms with E-state index in [0.29, 0.717) is 16.6 Å². The van der Waals surface area contributed by atoms with Crippen LogP contribution in [0.5, 0.6) is 0 Å². The highest BCUT2D eigenvalue weighted by atomic mass is 35.5. The van der Waals surface area contributed by atoms with Crippen molar-refractivity contribution in [1.29, 1.82) is 0 Å². The zero-order valence-corrected chi connectivity index (χ0v) is 12.1. The molecule has 1 saturated carbocycles. The van der Waals surface area contributed by atoms with Crippen molar-refractivity contribution in [3.63, 3.8) is 0 Å². The number of hydrogen-bond acceptors (Lipinski definition) is 3. The van der Waals surface area contributed by atoms with E-state index >= 15 is 0 Å². The van der Waals surface area contributed by atoms with E-state index in [9.17, 15) is 4.79 Å². The minimum atomic E-state index is -0.387. The summed E-state index contributed by atoms with van der Waals surface area (Å²) in [6, 6.07) is 4.23. The lowest BCUT2D eigenvalue weighted by Crippen LogP contribution is -2.05. The summed E-state index contributed by atoms with van der Waals surface area (Å²) in [6.07, 6.45) is 5.68. The van der Waals surface area contributed by atoms with E-state index in [1.165, 1.54) is 7.11 Å². The van der Waals surface area contributed by atoms with Crippen molar-refractivity contribution in [2.24, 2.45) is 0 Å². The lowest BCUT2D eigenvalue weighted by atomic mass is 10.1. The van der Waals surface area contributed by atoms with E-state index in [-0.39, 0.29) is 5.97 Å². The summed E-state index contributed by atoms with van der Waals surface area (Å²) >= 11 is 6.47. The molecule has 2 aromatic rings. The van der Waals surface area contributed by atoms with Crippen molar-refractivity contribution in [2.45, 2.75) is 25.8 Å². The molecule has 2 aromatic heterocycles. The molecule has 0 atom stereocenters. The van der Waals surface area contributed by atoms with Gasteiger partial charge in [0.15, 0.2) is 0 Å². The number of aromatic nitrogens is 2. The highest BCUT2D eigenvalue weighted by molar-refractivity contribution is 6.36. The second-order valence-electron chi connectivity index (χ2n) is 4.95. The molecule has 0 aliphatic heterocycles. The first-order valence-corrected chi connectivity index (χ1v) is 6.92. The van der Waals surface area contributed by atoms with Gasteiger partial charge < -0.3 is 9.30 Å². The molecule has 0 radical (unpaired) electrons. The van der Waals surface area contributed by atoms with Gasteiger partial charge in [-0.2, -0.15) is 0 Å². The van der Waals surface area contributed by atoms with Gasteiger partial charge in [-0.3, -0.25) is 4.98 Å². The third-order valence-electron chi connectivity index (χ3n) is 3.65. The number of ether oxygens (including phenoxy) is 1. The Morgan fingerprint density at radius 1 is 1.40 bits per heavy atom. The standard InChI is InChI=1S/C15H15ClN2O2/c1-9-12(15(19)20-2)13(16)14(18(9)11-3-4-11)10-5-7-17-8-6-10/h5-8,11H,3-4H2,1-2H3.